The van der Waals surface area contributed by atoms with Gasteiger partial charge in [0.1, 0.15) is 10.6 Å². The van der Waals surface area contributed by atoms with Gasteiger partial charge in [-0.1, -0.05) is 0 Å². The van der Waals surface area contributed by atoms with Gasteiger partial charge in [-0.3, -0.25) is 4.31 Å². The molecule has 1 aromatic carbocycles. The van der Waals surface area contributed by atoms with Crippen molar-refractivity contribution < 1.29 is 27.1 Å². The Kier molecular flexibility index (Phi) is 3.69. The maximum absolute atomic E-state index is 13.2. The number of carbonyl (C=O) groups is 1. The lowest BCUT2D eigenvalue weighted by molar-refractivity contribution is 0.0691. The number of aromatic amines is 1. The third-order valence-corrected chi connectivity index (χ3v) is 4.58. The highest BCUT2D eigenvalue weighted by molar-refractivity contribution is 7.92. The molecule has 6 nitrogen and oxygen atoms in total. The molecule has 1 aromatic heterocycles. The van der Waals surface area contributed by atoms with E-state index in [4.69, 9.17) is 5.11 Å². The molecule has 2 aromatic rings. The minimum atomic E-state index is -4.08. The second kappa shape index (κ2) is 5.17. The molecule has 0 saturated heterocycles. The quantitative estimate of drug-likeness (QED) is 0.900. The van der Waals surface area contributed by atoms with E-state index in [1.807, 2.05) is 0 Å². The molecule has 0 unspecified atom stereocenters. The molecule has 0 aliphatic carbocycles. The van der Waals surface area contributed by atoms with E-state index in [0.29, 0.717) is 0 Å². The monoisotopic (exact) mass is 316 g/mol. The number of aromatic nitrogens is 1. The maximum atomic E-state index is 13.2. The normalized spacial score (nSPS) is 11.4. The van der Waals surface area contributed by atoms with Crippen LogP contribution in [0.2, 0.25) is 0 Å². The number of carboxylic acid groups (broad SMARTS) is 1. The molecule has 0 saturated carbocycles. The van der Waals surface area contributed by atoms with Crippen LogP contribution >= 0.6 is 0 Å². The van der Waals surface area contributed by atoms with Crippen LogP contribution in [0.25, 0.3) is 0 Å². The van der Waals surface area contributed by atoms with Gasteiger partial charge in [0.2, 0.25) is 0 Å². The van der Waals surface area contributed by atoms with Crippen LogP contribution in [-0.2, 0) is 10.0 Å². The van der Waals surface area contributed by atoms with Crippen molar-refractivity contribution in [3.05, 3.63) is 47.8 Å². The highest BCUT2D eigenvalue weighted by Crippen LogP contribution is 2.24. The summed E-state index contributed by atoms with van der Waals surface area (Å²) in [5, 5.41) is 8.76. The van der Waals surface area contributed by atoms with Crippen molar-refractivity contribution in [3.8, 4) is 0 Å². The highest BCUT2D eigenvalue weighted by Gasteiger charge is 2.24. The molecule has 1 heterocycles. The van der Waals surface area contributed by atoms with E-state index in [-0.39, 0.29) is 16.3 Å². The summed E-state index contributed by atoms with van der Waals surface area (Å²) in [5.41, 5.74) is -0.390. The fraction of sp³-hybridized carbons (Fsp3) is 0.0833. The summed E-state index contributed by atoms with van der Waals surface area (Å²) in [7, 11) is -2.94. The van der Waals surface area contributed by atoms with Gasteiger partial charge in [0, 0.05) is 19.3 Å². The van der Waals surface area contributed by atoms with E-state index < -0.39 is 27.6 Å². The number of halogens is 2. The van der Waals surface area contributed by atoms with Gasteiger partial charge < -0.3 is 10.1 Å². The molecule has 0 spiro atoms. The van der Waals surface area contributed by atoms with Crippen LogP contribution in [0.1, 0.15) is 10.5 Å². The Balaban J connectivity index is 2.41. The van der Waals surface area contributed by atoms with Crippen LogP contribution < -0.4 is 4.31 Å². The number of sulfonamides is 1. The summed E-state index contributed by atoms with van der Waals surface area (Å²) in [6, 6.07) is 3.57. The Bertz CT molecular complexity index is 801. The van der Waals surface area contributed by atoms with Gasteiger partial charge in [-0.25, -0.2) is 22.0 Å². The number of benzene rings is 1. The Morgan fingerprint density at radius 1 is 1.24 bits per heavy atom. The van der Waals surface area contributed by atoms with E-state index in [9.17, 15) is 22.0 Å². The first kappa shape index (κ1) is 15.0. The van der Waals surface area contributed by atoms with E-state index in [1.54, 1.807) is 0 Å². The van der Waals surface area contributed by atoms with Gasteiger partial charge in [-0.15, -0.1) is 0 Å². The molecular weight excluding hydrogens is 306 g/mol. The predicted octanol–water partition coefficient (Wildman–Crippen LogP) is 1.82. The van der Waals surface area contributed by atoms with Gasteiger partial charge >= 0.3 is 5.97 Å². The number of hydrogen-bond donors (Lipinski definition) is 2. The summed E-state index contributed by atoms with van der Waals surface area (Å²) in [4.78, 5) is 12.7. The number of carboxylic acids is 1. The van der Waals surface area contributed by atoms with E-state index >= 15 is 0 Å². The lowest BCUT2D eigenvalue weighted by Crippen LogP contribution is -2.26. The zero-order valence-corrected chi connectivity index (χ0v) is 11.5. The molecule has 0 aliphatic heterocycles. The first-order valence-electron chi connectivity index (χ1n) is 5.59. The fourth-order valence-electron chi connectivity index (χ4n) is 1.62. The first-order valence-corrected chi connectivity index (χ1v) is 7.03. The third-order valence-electron chi connectivity index (χ3n) is 2.81. The standard InChI is InChI=1S/C12H10F2N2O4S/c1-16(7-2-3-9(13)10(14)4-7)21(19,20)8-5-11(12(17)18)15-6-8/h2-6,15H,1H3,(H,17,18). The van der Waals surface area contributed by atoms with Gasteiger partial charge in [0.05, 0.1) is 5.69 Å². The number of rotatable bonds is 4. The van der Waals surface area contributed by atoms with Crippen LogP contribution in [-0.4, -0.2) is 31.5 Å². The minimum absolute atomic E-state index is 0.0908. The van der Waals surface area contributed by atoms with Crippen LogP contribution in [0.4, 0.5) is 14.5 Å². The van der Waals surface area contributed by atoms with Crippen LogP contribution in [0, 0.1) is 11.6 Å². The molecule has 9 heteroatoms. The van der Waals surface area contributed by atoms with Gasteiger partial charge in [-0.2, -0.15) is 0 Å². The molecule has 0 fully saturated rings. The maximum Gasteiger partial charge on any atom is 0.352 e. The van der Waals surface area contributed by atoms with Crippen LogP contribution in [0.3, 0.4) is 0 Å². The highest BCUT2D eigenvalue weighted by atomic mass is 32.2. The number of aromatic carboxylic acids is 1. The Morgan fingerprint density at radius 3 is 2.43 bits per heavy atom. The predicted molar refractivity (Wildman–Crippen MR) is 69.7 cm³/mol. The second-order valence-electron chi connectivity index (χ2n) is 4.13. The Morgan fingerprint density at radius 2 is 1.90 bits per heavy atom. The van der Waals surface area contributed by atoms with Crippen molar-refractivity contribution in [1.29, 1.82) is 0 Å². The topological polar surface area (TPSA) is 90.5 Å². The largest absolute Gasteiger partial charge is 0.477 e. The second-order valence-corrected chi connectivity index (χ2v) is 6.09. The number of nitrogens with one attached hydrogen (secondary N) is 1. The number of anilines is 1. The molecule has 112 valence electrons. The minimum Gasteiger partial charge on any atom is -0.477 e. The van der Waals surface area contributed by atoms with Crippen molar-refractivity contribution in [2.24, 2.45) is 0 Å². The van der Waals surface area contributed by atoms with Crippen molar-refractivity contribution >= 4 is 21.7 Å². The summed E-state index contributed by atoms with van der Waals surface area (Å²) in [5.74, 6) is -3.60. The van der Waals surface area contributed by atoms with Crippen LogP contribution in [0.5, 0.6) is 0 Å². The van der Waals surface area contributed by atoms with Crippen molar-refractivity contribution in [3.63, 3.8) is 0 Å². The Hall–Kier alpha value is -2.42. The van der Waals surface area contributed by atoms with Gasteiger partial charge in [0.15, 0.2) is 11.6 Å². The van der Waals surface area contributed by atoms with Crippen molar-refractivity contribution in [2.45, 2.75) is 4.90 Å². The number of nitrogens with zero attached hydrogens (tertiary/aromatic N) is 1. The molecule has 21 heavy (non-hydrogen) atoms. The molecule has 0 atom stereocenters. The third kappa shape index (κ3) is 2.72. The summed E-state index contributed by atoms with van der Waals surface area (Å²) >= 11 is 0. The van der Waals surface area contributed by atoms with Crippen LogP contribution in [0.15, 0.2) is 35.4 Å². The van der Waals surface area contributed by atoms with E-state index in [2.05, 4.69) is 4.98 Å². The molecule has 0 bridgehead atoms. The molecule has 2 rings (SSSR count). The fourth-order valence-corrected chi connectivity index (χ4v) is 2.81. The van der Waals surface area contributed by atoms with Crippen molar-refractivity contribution in [2.75, 3.05) is 11.4 Å². The number of hydrogen-bond acceptors (Lipinski definition) is 3. The Labute approximate surface area is 118 Å². The summed E-state index contributed by atoms with van der Waals surface area (Å²) < 4.78 is 51.3. The summed E-state index contributed by atoms with van der Waals surface area (Å²) in [6.07, 6.45) is 1.01. The molecule has 0 amide bonds. The van der Waals surface area contributed by atoms with Gasteiger partial charge in [0.25, 0.3) is 10.0 Å². The molecule has 0 aliphatic rings. The average Bonchev–Trinajstić information content (AvgIpc) is 2.91. The van der Waals surface area contributed by atoms with E-state index in [1.165, 1.54) is 0 Å². The zero-order chi connectivity index (χ0) is 15.8. The number of H-pyrrole nitrogens is 1. The SMILES string of the molecule is CN(c1ccc(F)c(F)c1)S(=O)(=O)c1c[nH]c(C(=O)O)c1. The smallest absolute Gasteiger partial charge is 0.352 e. The first-order chi connectivity index (χ1) is 9.73. The average molecular weight is 316 g/mol. The summed E-state index contributed by atoms with van der Waals surface area (Å²) in [6.45, 7) is 0. The molecule has 2 N–H and O–H groups in total. The molecular formula is C12H10F2N2O4S. The zero-order valence-electron chi connectivity index (χ0n) is 10.7. The van der Waals surface area contributed by atoms with Gasteiger partial charge in [-0.05, 0) is 18.2 Å². The van der Waals surface area contributed by atoms with E-state index in [0.717, 1.165) is 41.8 Å². The molecule has 0 radical (unpaired) electrons. The lowest BCUT2D eigenvalue weighted by atomic mass is 10.3. The lowest BCUT2D eigenvalue weighted by Gasteiger charge is -2.18. The van der Waals surface area contributed by atoms with Crippen molar-refractivity contribution in [1.82, 2.24) is 4.98 Å².